The van der Waals surface area contributed by atoms with Gasteiger partial charge in [-0.3, -0.25) is 0 Å². The van der Waals surface area contributed by atoms with Gasteiger partial charge in [0.1, 0.15) is 6.61 Å². The summed E-state index contributed by atoms with van der Waals surface area (Å²) in [6.07, 6.45) is 1.41. The largest absolute Gasteiger partial charge is 0.493 e. The highest BCUT2D eigenvalue weighted by Crippen LogP contribution is 2.31. The van der Waals surface area contributed by atoms with E-state index in [-0.39, 0.29) is 4.90 Å². The number of para-hydroxylation sites is 1. The second kappa shape index (κ2) is 9.75. The number of sulfonamides is 1. The van der Waals surface area contributed by atoms with Crippen LogP contribution in [0, 0.1) is 6.92 Å². The smallest absolute Gasteiger partial charge is 0.276 e. The summed E-state index contributed by atoms with van der Waals surface area (Å²) in [6.45, 7) is 2.21. The molecule has 1 N–H and O–H groups in total. The average molecular weight is 461 g/mol. The van der Waals surface area contributed by atoms with E-state index >= 15 is 0 Å². The highest BCUT2D eigenvalue weighted by molar-refractivity contribution is 7.89. The van der Waals surface area contributed by atoms with Crippen molar-refractivity contribution in [2.24, 2.45) is 5.10 Å². The summed E-state index contributed by atoms with van der Waals surface area (Å²) in [5.74, 6) is 1.01. The van der Waals surface area contributed by atoms with E-state index in [9.17, 15) is 8.42 Å². The maximum atomic E-state index is 12.5. The minimum Gasteiger partial charge on any atom is -0.493 e. The monoisotopic (exact) mass is 460 g/mol. The Labute approximate surface area is 193 Å². The number of aryl methyl sites for hydroxylation is 1. The van der Waals surface area contributed by atoms with Crippen LogP contribution in [0.5, 0.6) is 11.5 Å². The zero-order valence-electron chi connectivity index (χ0n) is 18.4. The molecule has 0 aromatic heterocycles. The van der Waals surface area contributed by atoms with Gasteiger partial charge in [-0.05, 0) is 47.5 Å². The summed E-state index contributed by atoms with van der Waals surface area (Å²) in [4.78, 5) is 2.39. The molecule has 0 atom stereocenters. The SMILES string of the molecule is COc1cccc(/C=N\NS(=O)(=O)c2ccc(C)cc2)c1OCc1cccc2ccccc12. The summed E-state index contributed by atoms with van der Waals surface area (Å²) in [5, 5.41) is 6.19. The molecule has 0 heterocycles. The number of fused-ring (bicyclic) bond motifs is 1. The molecule has 0 saturated carbocycles. The number of hydrogen-bond donors (Lipinski definition) is 1. The minimum atomic E-state index is -3.78. The van der Waals surface area contributed by atoms with Crippen LogP contribution in [0.1, 0.15) is 16.7 Å². The molecule has 0 bridgehead atoms. The molecule has 0 aliphatic heterocycles. The summed E-state index contributed by atoms with van der Waals surface area (Å²) in [7, 11) is -2.22. The van der Waals surface area contributed by atoms with E-state index in [0.717, 1.165) is 21.9 Å². The molecule has 6 nitrogen and oxygen atoms in total. The highest BCUT2D eigenvalue weighted by Gasteiger charge is 2.14. The number of nitrogens with one attached hydrogen (secondary N) is 1. The Hall–Kier alpha value is -3.84. The molecule has 0 fully saturated rings. The number of methoxy groups -OCH3 is 1. The second-order valence-corrected chi connectivity index (χ2v) is 9.13. The molecule has 4 rings (SSSR count). The van der Waals surface area contributed by atoms with Crippen LogP contribution in [0.25, 0.3) is 10.8 Å². The molecule has 4 aromatic carbocycles. The summed E-state index contributed by atoms with van der Waals surface area (Å²) >= 11 is 0. The molecule has 0 radical (unpaired) electrons. The van der Waals surface area contributed by atoms with Crippen LogP contribution in [0.2, 0.25) is 0 Å². The van der Waals surface area contributed by atoms with E-state index in [1.807, 2.05) is 31.2 Å². The Morgan fingerprint density at radius 3 is 2.42 bits per heavy atom. The molecule has 0 aliphatic carbocycles. The normalized spacial score (nSPS) is 11.6. The maximum absolute atomic E-state index is 12.5. The summed E-state index contributed by atoms with van der Waals surface area (Å²) in [6, 6.07) is 26.1. The van der Waals surface area contributed by atoms with Gasteiger partial charge in [-0.25, -0.2) is 4.83 Å². The first-order valence-electron chi connectivity index (χ1n) is 10.4. The van der Waals surface area contributed by atoms with Crippen LogP contribution in [0.4, 0.5) is 0 Å². The molecule has 0 unspecified atom stereocenters. The van der Waals surface area contributed by atoms with Crippen molar-refractivity contribution in [3.63, 3.8) is 0 Å². The molecule has 7 heteroatoms. The van der Waals surface area contributed by atoms with E-state index in [2.05, 4.69) is 28.1 Å². The first-order valence-corrected chi connectivity index (χ1v) is 11.8. The van der Waals surface area contributed by atoms with Gasteiger partial charge in [-0.2, -0.15) is 13.5 Å². The van der Waals surface area contributed by atoms with Crippen molar-refractivity contribution < 1.29 is 17.9 Å². The lowest BCUT2D eigenvalue weighted by Crippen LogP contribution is -2.18. The van der Waals surface area contributed by atoms with E-state index in [1.54, 1.807) is 37.4 Å². The van der Waals surface area contributed by atoms with E-state index < -0.39 is 10.0 Å². The van der Waals surface area contributed by atoms with Crippen molar-refractivity contribution in [2.45, 2.75) is 18.4 Å². The fraction of sp³-hybridized carbons (Fsp3) is 0.115. The molecular weight excluding hydrogens is 436 g/mol. The highest BCUT2D eigenvalue weighted by atomic mass is 32.2. The van der Waals surface area contributed by atoms with Crippen molar-refractivity contribution in [1.82, 2.24) is 4.83 Å². The van der Waals surface area contributed by atoms with Crippen molar-refractivity contribution in [1.29, 1.82) is 0 Å². The molecule has 0 spiro atoms. The van der Waals surface area contributed by atoms with Crippen LogP contribution in [-0.4, -0.2) is 21.7 Å². The van der Waals surface area contributed by atoms with Gasteiger partial charge in [0, 0.05) is 5.56 Å². The first kappa shape index (κ1) is 22.4. The van der Waals surface area contributed by atoms with Crippen LogP contribution in [-0.2, 0) is 16.6 Å². The van der Waals surface area contributed by atoms with Gasteiger partial charge in [-0.15, -0.1) is 0 Å². The Balaban J connectivity index is 1.56. The number of hydrogen-bond acceptors (Lipinski definition) is 5. The minimum absolute atomic E-state index is 0.142. The molecule has 0 amide bonds. The third kappa shape index (κ3) is 5.15. The standard InChI is InChI=1S/C26H24N2O4S/c1-19-13-15-23(16-14-19)33(29,30)28-27-17-21-9-6-12-25(31-2)26(21)32-18-22-10-5-8-20-7-3-4-11-24(20)22/h3-17,28H,18H2,1-2H3/b27-17-. The van der Waals surface area contributed by atoms with E-state index in [0.29, 0.717) is 23.7 Å². The van der Waals surface area contributed by atoms with Crippen LogP contribution in [0.15, 0.2) is 94.9 Å². The predicted octanol–water partition coefficient (Wildman–Crippen LogP) is 5.05. The van der Waals surface area contributed by atoms with Crippen LogP contribution >= 0.6 is 0 Å². The third-order valence-electron chi connectivity index (χ3n) is 5.19. The zero-order chi connectivity index (χ0) is 23.3. The van der Waals surface area contributed by atoms with Gasteiger partial charge >= 0.3 is 0 Å². The Kier molecular flexibility index (Phi) is 6.60. The molecular formula is C26H24N2O4S. The average Bonchev–Trinajstić information content (AvgIpc) is 2.83. The van der Waals surface area contributed by atoms with Crippen molar-refractivity contribution in [3.8, 4) is 11.5 Å². The Bertz CT molecular complexity index is 1390. The quantitative estimate of drug-likeness (QED) is 0.295. The topological polar surface area (TPSA) is 77.0 Å². The molecule has 33 heavy (non-hydrogen) atoms. The fourth-order valence-corrected chi connectivity index (χ4v) is 4.24. The van der Waals surface area contributed by atoms with Crippen molar-refractivity contribution >= 4 is 27.0 Å². The van der Waals surface area contributed by atoms with Crippen molar-refractivity contribution in [3.05, 3.63) is 102 Å². The summed E-state index contributed by atoms with van der Waals surface area (Å²) < 4.78 is 36.6. The Morgan fingerprint density at radius 1 is 0.909 bits per heavy atom. The fourth-order valence-electron chi connectivity index (χ4n) is 3.45. The van der Waals surface area contributed by atoms with Gasteiger partial charge in [0.25, 0.3) is 10.0 Å². The van der Waals surface area contributed by atoms with Gasteiger partial charge in [0.2, 0.25) is 0 Å². The lowest BCUT2D eigenvalue weighted by Gasteiger charge is -2.14. The molecule has 0 saturated heterocycles. The number of ether oxygens (including phenoxy) is 2. The lowest BCUT2D eigenvalue weighted by molar-refractivity contribution is 0.285. The maximum Gasteiger partial charge on any atom is 0.276 e. The summed E-state index contributed by atoms with van der Waals surface area (Å²) in [5.41, 5.74) is 2.59. The van der Waals surface area contributed by atoms with Crippen molar-refractivity contribution in [2.75, 3.05) is 7.11 Å². The molecule has 4 aromatic rings. The Morgan fingerprint density at radius 2 is 1.64 bits per heavy atom. The third-order valence-corrected chi connectivity index (χ3v) is 6.43. The molecule has 0 aliphatic rings. The van der Waals surface area contributed by atoms with Gasteiger partial charge in [-0.1, -0.05) is 66.2 Å². The zero-order valence-corrected chi connectivity index (χ0v) is 19.2. The number of hydrazone groups is 1. The number of nitrogens with zero attached hydrogens (tertiary/aromatic N) is 1. The van der Waals surface area contributed by atoms with Crippen LogP contribution in [0.3, 0.4) is 0 Å². The first-order chi connectivity index (χ1) is 16.0. The van der Waals surface area contributed by atoms with E-state index in [1.165, 1.54) is 18.3 Å². The predicted molar refractivity (Wildman–Crippen MR) is 130 cm³/mol. The number of benzene rings is 4. The number of rotatable bonds is 8. The van der Waals surface area contributed by atoms with Gasteiger partial charge in [0.15, 0.2) is 11.5 Å². The second-order valence-electron chi connectivity index (χ2n) is 7.47. The molecule has 168 valence electrons. The van der Waals surface area contributed by atoms with Gasteiger partial charge < -0.3 is 9.47 Å². The van der Waals surface area contributed by atoms with Crippen LogP contribution < -0.4 is 14.3 Å². The lowest BCUT2D eigenvalue weighted by atomic mass is 10.1. The van der Waals surface area contributed by atoms with Gasteiger partial charge in [0.05, 0.1) is 18.2 Å². The van der Waals surface area contributed by atoms with E-state index in [4.69, 9.17) is 9.47 Å².